The van der Waals surface area contributed by atoms with Crippen molar-refractivity contribution in [2.45, 2.75) is 32.4 Å². The third-order valence-electron chi connectivity index (χ3n) is 7.16. The fourth-order valence-corrected chi connectivity index (χ4v) is 5.17. The number of fused-ring (bicyclic) bond motifs is 2. The first-order valence-electron chi connectivity index (χ1n) is 13.2. The molecule has 6 rings (SSSR count). The van der Waals surface area contributed by atoms with E-state index >= 15 is 0 Å². The number of aromatic nitrogens is 3. The molecule has 3 heterocycles. The fraction of sp³-hybridized carbons (Fsp3) is 0.258. The first-order valence-corrected chi connectivity index (χ1v) is 13.2. The van der Waals surface area contributed by atoms with E-state index < -0.39 is 0 Å². The van der Waals surface area contributed by atoms with Crippen molar-refractivity contribution in [2.75, 3.05) is 25.6 Å². The summed E-state index contributed by atoms with van der Waals surface area (Å²) in [4.78, 5) is 16.4. The van der Waals surface area contributed by atoms with Crippen molar-refractivity contribution in [3.8, 4) is 16.9 Å². The number of hydrogen-bond acceptors (Lipinski definition) is 7. The Morgan fingerprint density at radius 2 is 1.90 bits per heavy atom. The molecule has 0 amide bonds. The smallest absolute Gasteiger partial charge is 0.310 e. The molecule has 198 valence electrons. The second-order valence-electron chi connectivity index (χ2n) is 9.65. The number of pyridine rings is 1. The second-order valence-corrected chi connectivity index (χ2v) is 9.65. The lowest BCUT2D eigenvalue weighted by Gasteiger charge is -2.15. The first-order chi connectivity index (χ1) is 19.1. The molecule has 1 unspecified atom stereocenters. The van der Waals surface area contributed by atoms with Crippen LogP contribution in [-0.4, -0.2) is 40.6 Å². The first kappa shape index (κ1) is 24.9. The number of anilines is 1. The van der Waals surface area contributed by atoms with Gasteiger partial charge in [0.25, 0.3) is 0 Å². The number of nitrogens with zero attached hydrogens (tertiary/aromatic N) is 3. The Balaban J connectivity index is 1.38. The van der Waals surface area contributed by atoms with E-state index in [-0.39, 0.29) is 18.4 Å². The number of para-hydroxylation sites is 1. The van der Waals surface area contributed by atoms with Gasteiger partial charge in [-0.25, -0.2) is 4.98 Å². The van der Waals surface area contributed by atoms with Crippen LogP contribution in [0.25, 0.3) is 32.8 Å². The third-order valence-corrected chi connectivity index (χ3v) is 7.16. The van der Waals surface area contributed by atoms with E-state index in [0.717, 1.165) is 50.5 Å². The molecule has 0 bridgehead atoms. The van der Waals surface area contributed by atoms with E-state index in [1.54, 1.807) is 13.1 Å². The van der Waals surface area contributed by atoms with Gasteiger partial charge in [0.05, 0.1) is 36.9 Å². The Labute approximate surface area is 226 Å². The number of rotatable bonds is 8. The van der Waals surface area contributed by atoms with Crippen LogP contribution in [0.15, 0.2) is 72.9 Å². The van der Waals surface area contributed by atoms with Crippen LogP contribution in [-0.2, 0) is 27.3 Å². The van der Waals surface area contributed by atoms with E-state index in [9.17, 15) is 4.79 Å². The maximum atomic E-state index is 12.2. The molecule has 5 aromatic rings. The molecule has 1 aliphatic rings. The molecular formula is C31H30N4O4. The highest BCUT2D eigenvalue weighted by Gasteiger charge is 2.24. The van der Waals surface area contributed by atoms with Gasteiger partial charge in [-0.1, -0.05) is 36.4 Å². The zero-order chi connectivity index (χ0) is 26.8. The highest BCUT2D eigenvalue weighted by Crippen LogP contribution is 2.33. The van der Waals surface area contributed by atoms with Crippen molar-refractivity contribution >= 4 is 33.5 Å². The second kappa shape index (κ2) is 10.7. The van der Waals surface area contributed by atoms with Crippen molar-refractivity contribution in [1.82, 2.24) is 14.8 Å². The fourth-order valence-electron chi connectivity index (χ4n) is 5.17. The number of ether oxygens (including phenoxy) is 3. The van der Waals surface area contributed by atoms with E-state index in [4.69, 9.17) is 25.0 Å². The SMILES string of the molecule is CCOC(=O)Cc1ccccc1OCc1c2cc(-c3ccc4ccnc(N)c4c3)ccc2nn1C1CCOC1. The van der Waals surface area contributed by atoms with Gasteiger partial charge >= 0.3 is 5.97 Å². The highest BCUT2D eigenvalue weighted by atomic mass is 16.5. The van der Waals surface area contributed by atoms with Crippen LogP contribution in [0.3, 0.4) is 0 Å². The lowest BCUT2D eigenvalue weighted by atomic mass is 10.00. The minimum absolute atomic E-state index is 0.140. The molecule has 1 aliphatic heterocycles. The monoisotopic (exact) mass is 522 g/mol. The topological polar surface area (TPSA) is 101 Å². The van der Waals surface area contributed by atoms with Crippen molar-refractivity contribution < 1.29 is 19.0 Å². The largest absolute Gasteiger partial charge is 0.487 e. The van der Waals surface area contributed by atoms with Crippen LogP contribution in [0.2, 0.25) is 0 Å². The normalized spacial score (nSPS) is 15.2. The van der Waals surface area contributed by atoms with Crippen molar-refractivity contribution in [3.63, 3.8) is 0 Å². The van der Waals surface area contributed by atoms with Crippen molar-refractivity contribution in [2.24, 2.45) is 0 Å². The van der Waals surface area contributed by atoms with E-state index in [2.05, 4.69) is 40.0 Å². The molecule has 1 atom stereocenters. The van der Waals surface area contributed by atoms with Crippen LogP contribution in [0.4, 0.5) is 5.82 Å². The Hall–Kier alpha value is -4.43. The lowest BCUT2D eigenvalue weighted by molar-refractivity contribution is -0.142. The molecule has 1 fully saturated rings. The number of benzene rings is 3. The van der Waals surface area contributed by atoms with Gasteiger partial charge < -0.3 is 19.9 Å². The van der Waals surface area contributed by atoms with Crippen LogP contribution in [0, 0.1) is 0 Å². The number of esters is 1. The molecule has 2 aromatic heterocycles. The maximum absolute atomic E-state index is 12.2. The zero-order valence-corrected chi connectivity index (χ0v) is 21.8. The summed E-state index contributed by atoms with van der Waals surface area (Å²) >= 11 is 0. The molecule has 1 saturated heterocycles. The van der Waals surface area contributed by atoms with Crippen molar-refractivity contribution in [3.05, 3.63) is 84.2 Å². The third kappa shape index (κ3) is 5.03. The zero-order valence-electron chi connectivity index (χ0n) is 21.8. The predicted molar refractivity (Wildman–Crippen MR) is 150 cm³/mol. The minimum Gasteiger partial charge on any atom is -0.487 e. The summed E-state index contributed by atoms with van der Waals surface area (Å²) in [5, 5.41) is 7.95. The summed E-state index contributed by atoms with van der Waals surface area (Å²) in [5.41, 5.74) is 10.9. The van der Waals surface area contributed by atoms with Gasteiger partial charge in [-0.15, -0.1) is 0 Å². The van der Waals surface area contributed by atoms with Gasteiger partial charge in [-0.3, -0.25) is 9.48 Å². The van der Waals surface area contributed by atoms with Crippen LogP contribution in [0.5, 0.6) is 5.75 Å². The molecule has 0 aliphatic carbocycles. The Morgan fingerprint density at radius 1 is 1.08 bits per heavy atom. The summed E-state index contributed by atoms with van der Waals surface area (Å²) in [6, 6.07) is 22.2. The predicted octanol–water partition coefficient (Wildman–Crippen LogP) is 5.48. The molecule has 0 radical (unpaired) electrons. The van der Waals surface area contributed by atoms with E-state index in [1.807, 2.05) is 36.4 Å². The van der Waals surface area contributed by atoms with E-state index in [0.29, 0.717) is 38.0 Å². The molecular weight excluding hydrogens is 492 g/mol. The minimum atomic E-state index is -0.275. The molecule has 0 spiro atoms. The van der Waals surface area contributed by atoms with Crippen LogP contribution in [0.1, 0.15) is 30.6 Å². The Morgan fingerprint density at radius 3 is 2.72 bits per heavy atom. The maximum Gasteiger partial charge on any atom is 0.310 e. The van der Waals surface area contributed by atoms with Crippen molar-refractivity contribution in [1.29, 1.82) is 0 Å². The summed E-state index contributed by atoms with van der Waals surface area (Å²) in [7, 11) is 0. The van der Waals surface area contributed by atoms with Gasteiger partial charge in [0.2, 0.25) is 0 Å². The van der Waals surface area contributed by atoms with Gasteiger partial charge in [-0.05, 0) is 60.2 Å². The lowest BCUT2D eigenvalue weighted by Crippen LogP contribution is -2.15. The average molecular weight is 523 g/mol. The number of carbonyl (C=O) groups excluding carboxylic acids is 1. The molecule has 39 heavy (non-hydrogen) atoms. The van der Waals surface area contributed by atoms with Gasteiger partial charge in [0, 0.05) is 29.1 Å². The molecule has 0 saturated carbocycles. The van der Waals surface area contributed by atoms with Crippen LogP contribution < -0.4 is 10.5 Å². The van der Waals surface area contributed by atoms with Crippen LogP contribution >= 0.6 is 0 Å². The molecule has 8 heteroatoms. The number of hydrogen-bond donors (Lipinski definition) is 1. The number of nitrogen functional groups attached to an aromatic ring is 1. The average Bonchev–Trinajstić information content (AvgIpc) is 3.61. The Bertz CT molecular complexity index is 1660. The van der Waals surface area contributed by atoms with Gasteiger partial charge in [0.15, 0.2) is 0 Å². The van der Waals surface area contributed by atoms with E-state index in [1.165, 1.54) is 0 Å². The molecule has 8 nitrogen and oxygen atoms in total. The standard InChI is InChI=1S/C31H30N4O4/c1-2-38-30(36)17-23-5-3-4-6-29(23)39-19-28-26-16-22(9-10-27(26)34-35(28)24-12-14-37-18-24)21-8-7-20-11-13-33-31(32)25(20)15-21/h3-11,13,15-16,24H,2,12,14,17-19H2,1H3,(H2,32,33). The summed E-state index contributed by atoms with van der Waals surface area (Å²) in [6.45, 7) is 3.77. The highest BCUT2D eigenvalue weighted by molar-refractivity contribution is 5.95. The Kier molecular flexibility index (Phi) is 6.85. The summed E-state index contributed by atoms with van der Waals surface area (Å²) < 4.78 is 19.2. The summed E-state index contributed by atoms with van der Waals surface area (Å²) in [6.07, 6.45) is 2.77. The number of nitrogens with two attached hydrogens (primary N) is 1. The quantitative estimate of drug-likeness (QED) is 0.269. The van der Waals surface area contributed by atoms with Gasteiger partial charge in [0.1, 0.15) is 18.2 Å². The number of carbonyl (C=O) groups is 1. The molecule has 2 N–H and O–H groups in total. The van der Waals surface area contributed by atoms with Gasteiger partial charge in [-0.2, -0.15) is 5.10 Å². The summed E-state index contributed by atoms with van der Waals surface area (Å²) in [5.74, 6) is 0.894. The molecule has 3 aromatic carbocycles.